The normalized spacial score (nSPS) is 26.9. The maximum Gasteiger partial charge on any atom is 0.260 e. The number of hydrogen-bond acceptors (Lipinski definition) is 2. The summed E-state index contributed by atoms with van der Waals surface area (Å²) >= 11 is 0. The van der Waals surface area contributed by atoms with E-state index in [1.165, 1.54) is 38.5 Å². The minimum atomic E-state index is 0.0591. The predicted octanol–water partition coefficient (Wildman–Crippen LogP) is 3.60. The summed E-state index contributed by atoms with van der Waals surface area (Å²) in [5.74, 6) is 0.874. The SMILES string of the molecule is CN1C(=O)C2=C(C3CCCCC3)N(C)C(=O)C2=C1C1CCCCC1. The minimum Gasteiger partial charge on any atom is -0.314 e. The molecule has 0 bridgehead atoms. The van der Waals surface area contributed by atoms with Crippen LogP contribution in [0.25, 0.3) is 0 Å². The van der Waals surface area contributed by atoms with Crippen molar-refractivity contribution in [2.24, 2.45) is 11.8 Å². The van der Waals surface area contributed by atoms with Crippen LogP contribution in [0.5, 0.6) is 0 Å². The van der Waals surface area contributed by atoms with Gasteiger partial charge in [-0.1, -0.05) is 38.5 Å². The van der Waals surface area contributed by atoms with E-state index in [9.17, 15) is 9.59 Å². The number of allylic oxidation sites excluding steroid dienone is 2. The van der Waals surface area contributed by atoms with Crippen LogP contribution in [0.4, 0.5) is 0 Å². The third-order valence-electron chi connectivity index (χ3n) is 6.51. The fraction of sp³-hybridized carbons (Fsp3) is 0.700. The number of likely N-dealkylation sites (N-methyl/N-ethyl adjacent to an activating group) is 2. The molecule has 0 spiro atoms. The second-order valence-corrected chi connectivity index (χ2v) is 7.92. The van der Waals surface area contributed by atoms with Crippen LogP contribution in [0.15, 0.2) is 22.5 Å². The highest BCUT2D eigenvalue weighted by atomic mass is 16.2. The maximum atomic E-state index is 13.0. The lowest BCUT2D eigenvalue weighted by molar-refractivity contribution is -0.123. The smallest absolute Gasteiger partial charge is 0.260 e. The Hall–Kier alpha value is -1.58. The second kappa shape index (κ2) is 6.05. The Morgan fingerprint density at radius 3 is 1.29 bits per heavy atom. The number of carbonyl (C=O) groups excluding carboxylic acids is 2. The van der Waals surface area contributed by atoms with E-state index in [1.54, 1.807) is 9.80 Å². The Kier molecular flexibility index (Phi) is 4.01. The van der Waals surface area contributed by atoms with Gasteiger partial charge in [0.2, 0.25) is 0 Å². The number of hydrogen-bond donors (Lipinski definition) is 0. The van der Waals surface area contributed by atoms with E-state index in [1.807, 2.05) is 14.1 Å². The molecule has 4 rings (SSSR count). The van der Waals surface area contributed by atoms with Crippen molar-refractivity contribution in [3.63, 3.8) is 0 Å². The van der Waals surface area contributed by atoms with E-state index >= 15 is 0 Å². The van der Waals surface area contributed by atoms with Crippen LogP contribution in [0.1, 0.15) is 64.2 Å². The molecule has 130 valence electrons. The van der Waals surface area contributed by atoms with Crippen LogP contribution in [0, 0.1) is 11.8 Å². The molecule has 0 aromatic rings. The molecule has 2 amide bonds. The lowest BCUT2D eigenvalue weighted by Crippen LogP contribution is -2.31. The Balaban J connectivity index is 1.80. The van der Waals surface area contributed by atoms with Crippen molar-refractivity contribution in [3.05, 3.63) is 22.5 Å². The molecule has 2 aliphatic heterocycles. The molecule has 0 saturated heterocycles. The fourth-order valence-corrected chi connectivity index (χ4v) is 5.29. The van der Waals surface area contributed by atoms with E-state index in [0.717, 1.165) is 48.2 Å². The van der Waals surface area contributed by atoms with Crippen LogP contribution < -0.4 is 0 Å². The molecule has 24 heavy (non-hydrogen) atoms. The van der Waals surface area contributed by atoms with Gasteiger partial charge in [0.25, 0.3) is 11.8 Å². The second-order valence-electron chi connectivity index (χ2n) is 7.92. The highest BCUT2D eigenvalue weighted by Gasteiger charge is 2.48. The van der Waals surface area contributed by atoms with Crippen molar-refractivity contribution in [2.45, 2.75) is 64.2 Å². The van der Waals surface area contributed by atoms with Crippen LogP contribution in [0.3, 0.4) is 0 Å². The summed E-state index contributed by atoms with van der Waals surface area (Å²) in [6.45, 7) is 0. The highest BCUT2D eigenvalue weighted by Crippen LogP contribution is 2.47. The predicted molar refractivity (Wildman–Crippen MR) is 92.7 cm³/mol. The summed E-state index contributed by atoms with van der Waals surface area (Å²) < 4.78 is 0. The molecule has 4 heteroatoms. The molecule has 4 nitrogen and oxygen atoms in total. The summed E-state index contributed by atoms with van der Waals surface area (Å²) in [7, 11) is 3.74. The molecule has 0 unspecified atom stereocenters. The van der Waals surface area contributed by atoms with Crippen LogP contribution in [0.2, 0.25) is 0 Å². The van der Waals surface area contributed by atoms with Crippen molar-refractivity contribution < 1.29 is 9.59 Å². The molecule has 0 N–H and O–H groups in total. The first-order valence-corrected chi connectivity index (χ1v) is 9.66. The van der Waals surface area contributed by atoms with Gasteiger partial charge in [0.15, 0.2) is 0 Å². The van der Waals surface area contributed by atoms with Gasteiger partial charge in [-0.3, -0.25) is 9.59 Å². The van der Waals surface area contributed by atoms with Crippen molar-refractivity contribution in [1.82, 2.24) is 9.80 Å². The molecular formula is C20H28N2O2. The molecule has 0 aromatic carbocycles. The van der Waals surface area contributed by atoms with Crippen molar-refractivity contribution in [1.29, 1.82) is 0 Å². The summed E-state index contributed by atoms with van der Waals surface area (Å²) in [4.78, 5) is 29.7. The van der Waals surface area contributed by atoms with E-state index in [4.69, 9.17) is 0 Å². The quantitative estimate of drug-likeness (QED) is 0.777. The van der Waals surface area contributed by atoms with Gasteiger partial charge in [0.05, 0.1) is 11.1 Å². The third-order valence-corrected chi connectivity index (χ3v) is 6.51. The van der Waals surface area contributed by atoms with Gasteiger partial charge < -0.3 is 9.80 Å². The lowest BCUT2D eigenvalue weighted by atomic mass is 9.84. The van der Waals surface area contributed by atoms with E-state index in [-0.39, 0.29) is 11.8 Å². The van der Waals surface area contributed by atoms with E-state index < -0.39 is 0 Å². The largest absolute Gasteiger partial charge is 0.314 e. The molecule has 2 heterocycles. The molecule has 2 fully saturated rings. The number of fused-ring (bicyclic) bond motifs is 1. The molecular weight excluding hydrogens is 300 g/mol. The first kappa shape index (κ1) is 15.9. The van der Waals surface area contributed by atoms with Gasteiger partial charge in [-0.25, -0.2) is 0 Å². The standard InChI is InChI=1S/C20H28N2O2/c1-21-17(13-9-5-3-6-10-13)15-16(19(21)23)18(22(2)20(15)24)14-11-7-4-8-12-14/h13-14H,3-12H2,1-2H3. The molecule has 2 aliphatic carbocycles. The summed E-state index contributed by atoms with van der Waals surface area (Å²) in [6.07, 6.45) is 11.8. The van der Waals surface area contributed by atoms with Crippen molar-refractivity contribution in [3.8, 4) is 0 Å². The fourth-order valence-electron chi connectivity index (χ4n) is 5.29. The minimum absolute atomic E-state index is 0.0591. The molecule has 4 aliphatic rings. The van der Waals surface area contributed by atoms with Crippen LogP contribution >= 0.6 is 0 Å². The zero-order chi connectivity index (χ0) is 16.8. The number of rotatable bonds is 2. The first-order chi connectivity index (χ1) is 11.6. The number of nitrogens with zero attached hydrogens (tertiary/aromatic N) is 2. The van der Waals surface area contributed by atoms with E-state index in [2.05, 4.69) is 0 Å². The topological polar surface area (TPSA) is 40.6 Å². The first-order valence-electron chi connectivity index (χ1n) is 9.66. The zero-order valence-corrected chi connectivity index (χ0v) is 14.9. The number of amides is 2. The van der Waals surface area contributed by atoms with Crippen molar-refractivity contribution in [2.75, 3.05) is 14.1 Å². The molecule has 0 atom stereocenters. The molecule has 2 saturated carbocycles. The van der Waals surface area contributed by atoms with Gasteiger partial charge in [-0.2, -0.15) is 0 Å². The summed E-state index contributed by atoms with van der Waals surface area (Å²) in [5.41, 5.74) is 3.55. The van der Waals surface area contributed by atoms with E-state index in [0.29, 0.717) is 11.8 Å². The summed E-state index contributed by atoms with van der Waals surface area (Å²) in [6, 6.07) is 0. The monoisotopic (exact) mass is 328 g/mol. The Morgan fingerprint density at radius 1 is 0.625 bits per heavy atom. The van der Waals surface area contributed by atoms with Gasteiger partial charge >= 0.3 is 0 Å². The maximum absolute atomic E-state index is 13.0. The van der Waals surface area contributed by atoms with Crippen molar-refractivity contribution >= 4 is 11.8 Å². The highest BCUT2D eigenvalue weighted by molar-refractivity contribution is 6.19. The number of carbonyl (C=O) groups is 2. The van der Waals surface area contributed by atoms with Crippen LogP contribution in [-0.4, -0.2) is 35.7 Å². The van der Waals surface area contributed by atoms with Gasteiger partial charge in [-0.05, 0) is 25.7 Å². The Labute approximate surface area is 144 Å². The van der Waals surface area contributed by atoms with Crippen LogP contribution in [-0.2, 0) is 9.59 Å². The average molecular weight is 328 g/mol. The average Bonchev–Trinajstić information content (AvgIpc) is 3.02. The molecule has 0 aromatic heterocycles. The Bertz CT molecular complexity index is 578. The third kappa shape index (κ3) is 2.26. The summed E-state index contributed by atoms with van der Waals surface area (Å²) in [5, 5.41) is 0. The Morgan fingerprint density at radius 2 is 0.958 bits per heavy atom. The lowest BCUT2D eigenvalue weighted by Gasteiger charge is -2.30. The van der Waals surface area contributed by atoms with Gasteiger partial charge in [0.1, 0.15) is 0 Å². The van der Waals surface area contributed by atoms with Gasteiger partial charge in [0, 0.05) is 37.3 Å². The van der Waals surface area contributed by atoms with Gasteiger partial charge in [-0.15, -0.1) is 0 Å². The molecule has 0 radical (unpaired) electrons. The zero-order valence-electron chi connectivity index (χ0n) is 14.9.